The normalized spacial score (nSPS) is 32.1. The molecule has 1 heterocycles. The second-order valence-electron chi connectivity index (χ2n) is 6.79. The van der Waals surface area contributed by atoms with Crippen molar-refractivity contribution >= 4 is 40.8 Å². The lowest BCUT2D eigenvalue weighted by Gasteiger charge is -2.37. The molecule has 1 amide bonds. The summed E-state index contributed by atoms with van der Waals surface area (Å²) in [6.07, 6.45) is 0.912. The third kappa shape index (κ3) is 2.70. The monoisotopic (exact) mass is 369 g/mol. The van der Waals surface area contributed by atoms with E-state index >= 15 is 0 Å². The Morgan fingerprint density at radius 1 is 1.25 bits per heavy atom. The van der Waals surface area contributed by atoms with Crippen LogP contribution in [0.3, 0.4) is 0 Å². The van der Waals surface area contributed by atoms with Crippen LogP contribution in [0.25, 0.3) is 0 Å². The van der Waals surface area contributed by atoms with E-state index in [2.05, 4.69) is 6.92 Å². The quantitative estimate of drug-likeness (QED) is 0.750. The molecule has 0 spiro atoms. The number of anilines is 1. The number of carbonyl (C=O) groups is 2. The fraction of sp³-hybridized carbons (Fsp3) is 0.556. The van der Waals surface area contributed by atoms with Gasteiger partial charge in [0.25, 0.3) is 0 Å². The van der Waals surface area contributed by atoms with Crippen molar-refractivity contribution in [1.82, 2.24) is 0 Å². The van der Waals surface area contributed by atoms with Gasteiger partial charge in [-0.3, -0.25) is 9.59 Å². The van der Waals surface area contributed by atoms with Gasteiger partial charge in [0, 0.05) is 5.69 Å². The molecular formula is C18H21Cl2NO3. The topological polar surface area (TPSA) is 46.6 Å². The van der Waals surface area contributed by atoms with Crippen LogP contribution in [-0.2, 0) is 14.3 Å². The molecule has 3 rings (SSSR count). The van der Waals surface area contributed by atoms with Gasteiger partial charge in [-0.2, -0.15) is 0 Å². The van der Waals surface area contributed by atoms with Gasteiger partial charge in [-0.25, -0.2) is 0 Å². The lowest BCUT2D eigenvalue weighted by atomic mass is 9.69. The first kappa shape index (κ1) is 17.6. The van der Waals surface area contributed by atoms with Crippen LogP contribution in [0.2, 0.25) is 10.0 Å². The van der Waals surface area contributed by atoms with Gasteiger partial charge in [-0.05, 0) is 43.4 Å². The van der Waals surface area contributed by atoms with Gasteiger partial charge in [-0.15, -0.1) is 0 Å². The molecule has 6 heteroatoms. The van der Waals surface area contributed by atoms with E-state index in [-0.39, 0.29) is 35.7 Å². The number of hydrogen-bond donors (Lipinski definition) is 0. The first-order chi connectivity index (χ1) is 11.4. The van der Waals surface area contributed by atoms with Crippen molar-refractivity contribution in [2.75, 3.05) is 11.5 Å². The highest BCUT2D eigenvalue weighted by Crippen LogP contribution is 2.49. The summed E-state index contributed by atoms with van der Waals surface area (Å²) < 4.78 is 5.27. The van der Waals surface area contributed by atoms with E-state index in [1.807, 2.05) is 6.92 Å². The summed E-state index contributed by atoms with van der Waals surface area (Å²) in [7, 11) is 0. The average molecular weight is 370 g/mol. The number of hydrogen-bond acceptors (Lipinski definition) is 3. The second-order valence-corrected chi connectivity index (χ2v) is 7.61. The number of rotatable bonds is 3. The van der Waals surface area contributed by atoms with Crippen LogP contribution in [0.1, 0.15) is 27.2 Å². The molecule has 2 bridgehead atoms. The molecule has 0 N–H and O–H groups in total. The van der Waals surface area contributed by atoms with Gasteiger partial charge in [-0.1, -0.05) is 37.0 Å². The molecule has 4 nitrogen and oxygen atoms in total. The van der Waals surface area contributed by atoms with E-state index < -0.39 is 5.92 Å². The lowest BCUT2D eigenvalue weighted by Crippen LogP contribution is -2.45. The van der Waals surface area contributed by atoms with E-state index in [1.54, 1.807) is 30.0 Å². The summed E-state index contributed by atoms with van der Waals surface area (Å²) in [5.41, 5.74) is 0.692. The Morgan fingerprint density at radius 2 is 1.96 bits per heavy atom. The maximum absolute atomic E-state index is 13.1. The van der Waals surface area contributed by atoms with Gasteiger partial charge in [0.05, 0.1) is 34.5 Å². The van der Waals surface area contributed by atoms with Crippen molar-refractivity contribution in [2.45, 2.75) is 33.2 Å². The minimum atomic E-state index is -0.425. The van der Waals surface area contributed by atoms with Crippen molar-refractivity contribution in [2.24, 2.45) is 23.7 Å². The van der Waals surface area contributed by atoms with E-state index in [0.717, 1.165) is 6.42 Å². The van der Waals surface area contributed by atoms with Crippen LogP contribution in [0.15, 0.2) is 18.2 Å². The van der Waals surface area contributed by atoms with Crippen LogP contribution in [-0.4, -0.2) is 24.5 Å². The van der Waals surface area contributed by atoms with E-state index in [9.17, 15) is 9.59 Å². The predicted octanol–water partition coefficient (Wildman–Crippen LogP) is 4.18. The molecule has 5 unspecified atom stereocenters. The second kappa shape index (κ2) is 6.57. The highest BCUT2D eigenvalue weighted by molar-refractivity contribution is 6.42. The standard InChI is InChI=1S/C18H21Cl2NO3/c1-4-24-18(23)15-14-9(2)7-10(3)16(15)21(17(14)22)11-5-6-12(19)13(20)8-11/h5-6,8-10,14-16H,4,7H2,1-3H3. The third-order valence-electron chi connectivity index (χ3n) is 5.26. The van der Waals surface area contributed by atoms with Crippen LogP contribution >= 0.6 is 23.2 Å². The summed E-state index contributed by atoms with van der Waals surface area (Å²) in [6, 6.07) is 4.96. The number of ether oxygens (including phenoxy) is 1. The zero-order valence-electron chi connectivity index (χ0n) is 14.0. The SMILES string of the molecule is CCOC(=O)C1C2C(=O)N(c3ccc(Cl)c(Cl)c3)C1C(C)CC2C. The number of halogens is 2. The lowest BCUT2D eigenvalue weighted by molar-refractivity contribution is -0.153. The summed E-state index contributed by atoms with van der Waals surface area (Å²) in [6.45, 7) is 6.24. The molecule has 1 aliphatic carbocycles. The predicted molar refractivity (Wildman–Crippen MR) is 94.3 cm³/mol. The number of fused-ring (bicyclic) bond motifs is 2. The molecule has 5 atom stereocenters. The number of benzene rings is 1. The number of esters is 1. The van der Waals surface area contributed by atoms with Crippen LogP contribution in [0, 0.1) is 23.7 Å². The maximum Gasteiger partial charge on any atom is 0.311 e. The van der Waals surface area contributed by atoms with E-state index in [1.165, 1.54) is 0 Å². The van der Waals surface area contributed by atoms with E-state index in [0.29, 0.717) is 22.3 Å². The van der Waals surface area contributed by atoms with Crippen molar-refractivity contribution in [3.63, 3.8) is 0 Å². The maximum atomic E-state index is 13.1. The van der Waals surface area contributed by atoms with Gasteiger partial charge >= 0.3 is 5.97 Å². The molecule has 1 saturated heterocycles. The molecule has 1 aromatic carbocycles. The molecule has 1 aromatic rings. The Bertz CT molecular complexity index is 678. The summed E-state index contributed by atoms with van der Waals surface area (Å²) in [5.74, 6) is -0.710. The van der Waals surface area contributed by atoms with Crippen molar-refractivity contribution in [1.29, 1.82) is 0 Å². The van der Waals surface area contributed by atoms with Gasteiger partial charge in [0.15, 0.2) is 0 Å². The number of carbonyl (C=O) groups excluding carboxylic acids is 2. The Morgan fingerprint density at radius 3 is 2.58 bits per heavy atom. The van der Waals surface area contributed by atoms with Crippen molar-refractivity contribution in [3.8, 4) is 0 Å². The molecule has 2 aliphatic rings. The third-order valence-corrected chi connectivity index (χ3v) is 5.99. The molecule has 0 aromatic heterocycles. The van der Waals surface area contributed by atoms with Crippen LogP contribution in [0.4, 0.5) is 5.69 Å². The van der Waals surface area contributed by atoms with Crippen LogP contribution < -0.4 is 4.90 Å². The summed E-state index contributed by atoms with van der Waals surface area (Å²) in [5, 5.41) is 0.843. The fourth-order valence-corrected chi connectivity index (χ4v) is 4.66. The zero-order chi connectivity index (χ0) is 17.6. The highest BCUT2D eigenvalue weighted by atomic mass is 35.5. The zero-order valence-corrected chi connectivity index (χ0v) is 15.5. The van der Waals surface area contributed by atoms with Crippen LogP contribution in [0.5, 0.6) is 0 Å². The minimum absolute atomic E-state index is 0.0201. The molecule has 0 radical (unpaired) electrons. The summed E-state index contributed by atoms with van der Waals surface area (Å²) in [4.78, 5) is 27.4. The molecule has 24 heavy (non-hydrogen) atoms. The molecule has 2 fully saturated rings. The van der Waals surface area contributed by atoms with Gasteiger partial charge in [0.2, 0.25) is 5.91 Å². The Kier molecular flexibility index (Phi) is 4.80. The fourth-order valence-electron chi connectivity index (χ4n) is 4.37. The Labute approximate surface area is 152 Å². The molecule has 1 aliphatic heterocycles. The van der Waals surface area contributed by atoms with Crippen molar-refractivity contribution < 1.29 is 14.3 Å². The highest BCUT2D eigenvalue weighted by Gasteiger charge is 2.59. The molecule has 130 valence electrons. The Balaban J connectivity index is 2.05. The van der Waals surface area contributed by atoms with E-state index in [4.69, 9.17) is 27.9 Å². The van der Waals surface area contributed by atoms with Crippen molar-refractivity contribution in [3.05, 3.63) is 28.2 Å². The Hall–Kier alpha value is -1.26. The molecule has 1 saturated carbocycles. The number of amides is 1. The number of nitrogens with zero attached hydrogens (tertiary/aromatic N) is 1. The first-order valence-electron chi connectivity index (χ1n) is 8.31. The van der Waals surface area contributed by atoms with Gasteiger partial charge < -0.3 is 9.64 Å². The summed E-state index contributed by atoms with van der Waals surface area (Å²) >= 11 is 12.1. The first-order valence-corrected chi connectivity index (χ1v) is 9.07. The minimum Gasteiger partial charge on any atom is -0.466 e. The largest absolute Gasteiger partial charge is 0.466 e. The smallest absolute Gasteiger partial charge is 0.311 e. The molecular weight excluding hydrogens is 349 g/mol. The van der Waals surface area contributed by atoms with Gasteiger partial charge in [0.1, 0.15) is 0 Å². The average Bonchev–Trinajstić information content (AvgIpc) is 2.79.